The van der Waals surface area contributed by atoms with Gasteiger partial charge in [-0.3, -0.25) is 4.79 Å². The van der Waals surface area contributed by atoms with E-state index in [1.54, 1.807) is 0 Å². The molecule has 0 saturated carbocycles. The molecule has 8 heavy (non-hydrogen) atoms. The molecule has 0 aliphatic carbocycles. The van der Waals surface area contributed by atoms with Crippen molar-refractivity contribution in [2.45, 2.75) is 0 Å². The average Bonchev–Trinajstić information content (AvgIpc) is 2.12. The van der Waals surface area contributed by atoms with Crippen LogP contribution < -0.4 is 10.3 Å². The van der Waals surface area contributed by atoms with Gasteiger partial charge in [0.25, 0.3) is 10.4 Å². The Morgan fingerprint density at radius 3 is 3.00 bits per heavy atom. The van der Waals surface area contributed by atoms with Crippen molar-refractivity contribution < 1.29 is 4.79 Å². The second-order valence-corrected chi connectivity index (χ2v) is 1.76. The number of rotatable bonds is 1. The monoisotopic (exact) mass is 129 g/mol. The highest BCUT2D eigenvalue weighted by atomic mass is 32.2. The number of nitrogens with two attached hydrogens (primary N) is 1. The minimum atomic E-state index is -0.529. The van der Waals surface area contributed by atoms with Crippen molar-refractivity contribution in [2.75, 3.05) is 0 Å². The minimum absolute atomic E-state index is 0.231. The van der Waals surface area contributed by atoms with Gasteiger partial charge in [-0.2, -0.15) is 0 Å². The molecule has 1 rings (SSSR count). The van der Waals surface area contributed by atoms with Crippen LogP contribution in [0.25, 0.3) is 0 Å². The number of primary amides is 1. The van der Waals surface area contributed by atoms with Gasteiger partial charge in [0.2, 0.25) is 5.70 Å². The molecule has 0 spiro atoms. The van der Waals surface area contributed by atoms with Gasteiger partial charge in [0, 0.05) is 0 Å². The molecule has 1 aliphatic rings. The van der Waals surface area contributed by atoms with Crippen molar-refractivity contribution in [3.63, 3.8) is 0 Å². The second kappa shape index (κ2) is 1.95. The van der Waals surface area contributed by atoms with E-state index in [1.165, 1.54) is 5.41 Å². The molecule has 1 amide bonds. The van der Waals surface area contributed by atoms with Gasteiger partial charge in [-0.1, -0.05) is 0 Å². The number of carbonyl (C=O) groups excluding carboxylic acids is 1. The van der Waals surface area contributed by atoms with Crippen LogP contribution in [0, 0.1) is 0 Å². The van der Waals surface area contributed by atoms with Gasteiger partial charge in [-0.05, 0) is 0 Å². The standard InChI is InChI=1S/C3H3N3OS/c4-3(7)2-1-8-6-5-2/h1H,(H2,4,7)/q+1. The van der Waals surface area contributed by atoms with Crippen molar-refractivity contribution >= 4 is 17.9 Å². The van der Waals surface area contributed by atoms with E-state index >= 15 is 0 Å². The lowest BCUT2D eigenvalue weighted by atomic mass is 10.5. The van der Waals surface area contributed by atoms with Crippen molar-refractivity contribution in [1.82, 2.24) is 4.52 Å². The molecule has 0 bridgehead atoms. The highest BCUT2D eigenvalue weighted by Crippen LogP contribution is 2.10. The van der Waals surface area contributed by atoms with Crippen molar-refractivity contribution in [1.29, 1.82) is 0 Å². The number of hydrogen-bond donors (Lipinski definition) is 1. The van der Waals surface area contributed by atoms with Gasteiger partial charge in [0.05, 0.1) is 10.5 Å². The summed E-state index contributed by atoms with van der Waals surface area (Å²) >= 11 is 1.11. The molecule has 41 valence electrons. The lowest BCUT2D eigenvalue weighted by Gasteiger charge is -1.75. The molecule has 0 aromatic rings. The summed E-state index contributed by atoms with van der Waals surface area (Å²) in [6.07, 6.45) is 0. The zero-order valence-corrected chi connectivity index (χ0v) is 4.68. The van der Waals surface area contributed by atoms with Gasteiger partial charge in [0.15, 0.2) is 0 Å². The van der Waals surface area contributed by atoms with Crippen molar-refractivity contribution in [3.8, 4) is 0 Å². The van der Waals surface area contributed by atoms with Crippen LogP contribution >= 0.6 is 11.9 Å². The van der Waals surface area contributed by atoms with Crippen LogP contribution in [0.2, 0.25) is 0 Å². The summed E-state index contributed by atoms with van der Waals surface area (Å²) < 4.78 is 3.43. The fourth-order valence-corrected chi connectivity index (χ4v) is 0.717. The molecule has 4 nitrogen and oxygen atoms in total. The summed E-state index contributed by atoms with van der Waals surface area (Å²) in [5.41, 5.74) is 5.05. The SMILES string of the molecule is NC(=O)C1=CS[N+]=N1. The van der Waals surface area contributed by atoms with Crippen LogP contribution in [-0.4, -0.2) is 5.91 Å². The van der Waals surface area contributed by atoms with Gasteiger partial charge in [-0.15, -0.1) is 0 Å². The first kappa shape index (κ1) is 5.30. The first-order valence-electron chi connectivity index (χ1n) is 1.87. The first-order valence-corrected chi connectivity index (χ1v) is 2.71. The smallest absolute Gasteiger partial charge is 0.307 e. The molecule has 0 aromatic carbocycles. The van der Waals surface area contributed by atoms with E-state index in [1.807, 2.05) is 0 Å². The summed E-state index contributed by atoms with van der Waals surface area (Å²) in [4.78, 5) is 10.2. The second-order valence-electron chi connectivity index (χ2n) is 1.15. The van der Waals surface area contributed by atoms with Gasteiger partial charge in [-0.25, -0.2) is 0 Å². The third kappa shape index (κ3) is 0.865. The Morgan fingerprint density at radius 1 is 2.00 bits per heavy atom. The lowest BCUT2D eigenvalue weighted by Crippen LogP contribution is -2.11. The molecule has 2 N–H and O–H groups in total. The zero-order chi connectivity index (χ0) is 5.98. The molecule has 0 fully saturated rings. The fraction of sp³-hybridized carbons (Fsp3) is 0. The molecule has 1 heterocycles. The first-order chi connectivity index (χ1) is 3.80. The lowest BCUT2D eigenvalue weighted by molar-refractivity contribution is -0.114. The molecule has 1 radical (unpaired) electrons. The number of amides is 1. The summed E-state index contributed by atoms with van der Waals surface area (Å²) in [5.74, 6) is -0.529. The predicted molar refractivity (Wildman–Crippen MR) is 29.4 cm³/mol. The molecule has 1 aliphatic heterocycles. The van der Waals surface area contributed by atoms with E-state index in [9.17, 15) is 4.79 Å². The Hall–Kier alpha value is -0.840. The average molecular weight is 129 g/mol. The normalized spacial score (nSPS) is 16.2. The van der Waals surface area contributed by atoms with Crippen LogP contribution in [0.15, 0.2) is 16.2 Å². The third-order valence-electron chi connectivity index (χ3n) is 0.612. The van der Waals surface area contributed by atoms with Crippen molar-refractivity contribution in [2.24, 2.45) is 10.8 Å². The maximum atomic E-state index is 10.2. The van der Waals surface area contributed by atoms with Crippen molar-refractivity contribution in [3.05, 3.63) is 11.1 Å². The van der Waals surface area contributed by atoms with E-state index in [2.05, 4.69) is 9.63 Å². The van der Waals surface area contributed by atoms with Crippen LogP contribution in [-0.2, 0) is 4.79 Å². The van der Waals surface area contributed by atoms with E-state index in [0.29, 0.717) is 0 Å². The van der Waals surface area contributed by atoms with Gasteiger partial charge < -0.3 is 5.73 Å². The van der Waals surface area contributed by atoms with Crippen LogP contribution in [0.3, 0.4) is 0 Å². The quantitative estimate of drug-likeness (QED) is 0.496. The summed E-state index contributed by atoms with van der Waals surface area (Å²) in [6.45, 7) is 0. The Kier molecular flexibility index (Phi) is 1.29. The van der Waals surface area contributed by atoms with Gasteiger partial charge in [0.1, 0.15) is 0 Å². The fourth-order valence-electron chi connectivity index (χ4n) is 0.272. The van der Waals surface area contributed by atoms with Crippen LogP contribution in [0.1, 0.15) is 0 Å². The van der Waals surface area contributed by atoms with Gasteiger partial charge >= 0.3 is 11.9 Å². The third-order valence-corrected chi connectivity index (χ3v) is 1.12. The maximum absolute atomic E-state index is 10.2. The van der Waals surface area contributed by atoms with E-state index in [-0.39, 0.29) is 5.70 Å². The Labute approximate surface area is 50.0 Å². The Morgan fingerprint density at radius 2 is 2.75 bits per heavy atom. The molecule has 0 unspecified atom stereocenters. The topological polar surface area (TPSA) is 69.6 Å². The van der Waals surface area contributed by atoms with Crippen LogP contribution in [0.5, 0.6) is 0 Å². The number of carbonyl (C=O) groups is 1. The van der Waals surface area contributed by atoms with Crippen LogP contribution in [0.4, 0.5) is 0 Å². The summed E-state index contributed by atoms with van der Waals surface area (Å²) in [7, 11) is 0. The zero-order valence-electron chi connectivity index (χ0n) is 3.87. The Balaban J connectivity index is 2.72. The molecule has 5 heteroatoms. The molecule has 0 atom stereocenters. The van der Waals surface area contributed by atoms with E-state index in [0.717, 1.165) is 11.9 Å². The minimum Gasteiger partial charge on any atom is -0.364 e. The number of nitrogens with zero attached hydrogens (tertiary/aromatic N) is 2. The van der Waals surface area contributed by atoms with E-state index in [4.69, 9.17) is 5.73 Å². The predicted octanol–water partition coefficient (Wildman–Crippen LogP) is -0.237. The Bertz CT molecular complexity index is 173. The molecular formula is C3H3N3OS+. The summed E-state index contributed by atoms with van der Waals surface area (Å²) in [6, 6.07) is 0. The summed E-state index contributed by atoms with van der Waals surface area (Å²) in [5, 5.41) is 4.91. The molecule has 0 aromatic heterocycles. The number of hydrogen-bond acceptors (Lipinski definition) is 4. The molecule has 0 saturated heterocycles. The van der Waals surface area contributed by atoms with E-state index < -0.39 is 5.91 Å². The maximum Gasteiger partial charge on any atom is 0.307 e. The molecular weight excluding hydrogens is 126 g/mol. The highest BCUT2D eigenvalue weighted by molar-refractivity contribution is 8.00. The largest absolute Gasteiger partial charge is 0.364 e. The highest BCUT2D eigenvalue weighted by Gasteiger charge is 2.17.